The molecule has 1 heterocycles. The number of carboxylic acids is 1. The lowest BCUT2D eigenvalue weighted by atomic mass is 10.2. The van der Waals surface area contributed by atoms with Crippen LogP contribution in [0.3, 0.4) is 0 Å². The molecule has 0 aliphatic rings. The molecule has 1 rings (SSSR count). The topological polar surface area (TPSA) is 54.4 Å². The fourth-order valence-corrected chi connectivity index (χ4v) is 3.32. The molecule has 1 aromatic heterocycles. The van der Waals surface area contributed by atoms with E-state index in [1.54, 1.807) is 11.3 Å². The molecule has 90 valence electrons. The lowest BCUT2D eigenvalue weighted by molar-refractivity contribution is -0.139. The first-order valence-electron chi connectivity index (χ1n) is 5.07. The van der Waals surface area contributed by atoms with Crippen molar-refractivity contribution in [3.05, 3.63) is 21.9 Å². The SMILES string of the molecule is CCc1ccc(CS(=O)C(C)(C)C(=O)O)s1. The zero-order chi connectivity index (χ0) is 12.3. The molecule has 0 bridgehead atoms. The maximum atomic E-state index is 11.9. The first-order valence-corrected chi connectivity index (χ1v) is 7.21. The van der Waals surface area contributed by atoms with Gasteiger partial charge in [-0.1, -0.05) is 6.92 Å². The third-order valence-electron chi connectivity index (χ3n) is 2.42. The van der Waals surface area contributed by atoms with Crippen molar-refractivity contribution in [3.8, 4) is 0 Å². The van der Waals surface area contributed by atoms with Crippen LogP contribution in [0.5, 0.6) is 0 Å². The summed E-state index contributed by atoms with van der Waals surface area (Å²) in [5.74, 6) is -0.692. The van der Waals surface area contributed by atoms with Gasteiger partial charge in [-0.3, -0.25) is 9.00 Å². The Labute approximate surface area is 102 Å². The first-order chi connectivity index (χ1) is 7.37. The van der Waals surface area contributed by atoms with Crippen molar-refractivity contribution in [2.75, 3.05) is 0 Å². The van der Waals surface area contributed by atoms with Gasteiger partial charge in [0.1, 0.15) is 4.75 Å². The number of hydrogen-bond acceptors (Lipinski definition) is 3. The Bertz CT molecular complexity index is 407. The average molecular weight is 260 g/mol. The smallest absolute Gasteiger partial charge is 0.321 e. The van der Waals surface area contributed by atoms with E-state index in [0.29, 0.717) is 5.75 Å². The van der Waals surface area contributed by atoms with Crippen LogP contribution in [0, 0.1) is 0 Å². The van der Waals surface area contributed by atoms with Crippen LogP contribution >= 0.6 is 11.3 Å². The van der Waals surface area contributed by atoms with Crippen LogP contribution in [-0.2, 0) is 27.8 Å². The Morgan fingerprint density at radius 3 is 2.44 bits per heavy atom. The summed E-state index contributed by atoms with van der Waals surface area (Å²) in [4.78, 5) is 13.2. The molecule has 0 aliphatic carbocycles. The van der Waals surface area contributed by atoms with E-state index in [4.69, 9.17) is 5.11 Å². The normalized spacial score (nSPS) is 13.7. The van der Waals surface area contributed by atoms with Gasteiger partial charge in [-0.25, -0.2) is 0 Å². The summed E-state index contributed by atoms with van der Waals surface area (Å²) in [6, 6.07) is 3.93. The van der Waals surface area contributed by atoms with E-state index in [2.05, 4.69) is 6.92 Å². The summed E-state index contributed by atoms with van der Waals surface area (Å²) >= 11 is 1.60. The monoisotopic (exact) mass is 260 g/mol. The fourth-order valence-electron chi connectivity index (χ4n) is 1.10. The van der Waals surface area contributed by atoms with E-state index in [-0.39, 0.29) is 0 Å². The number of carboxylic acid groups (broad SMARTS) is 1. The van der Waals surface area contributed by atoms with Crippen LogP contribution < -0.4 is 0 Å². The molecule has 3 nitrogen and oxygen atoms in total. The van der Waals surface area contributed by atoms with Gasteiger partial charge in [-0.05, 0) is 32.4 Å². The van der Waals surface area contributed by atoms with Crippen molar-refractivity contribution in [3.63, 3.8) is 0 Å². The molecular formula is C11H16O3S2. The highest BCUT2D eigenvalue weighted by molar-refractivity contribution is 7.86. The molecular weight excluding hydrogens is 244 g/mol. The van der Waals surface area contributed by atoms with Crippen LogP contribution in [0.25, 0.3) is 0 Å². The van der Waals surface area contributed by atoms with E-state index in [0.717, 1.165) is 11.3 Å². The van der Waals surface area contributed by atoms with E-state index in [1.807, 2.05) is 12.1 Å². The molecule has 0 saturated heterocycles. The molecule has 0 aromatic carbocycles. The molecule has 0 aliphatic heterocycles. The van der Waals surface area contributed by atoms with Gasteiger partial charge in [0, 0.05) is 20.6 Å². The van der Waals surface area contributed by atoms with E-state index < -0.39 is 21.5 Å². The third kappa shape index (κ3) is 2.92. The summed E-state index contributed by atoms with van der Waals surface area (Å²) in [5.41, 5.74) is 0. The molecule has 16 heavy (non-hydrogen) atoms. The molecule has 5 heteroatoms. The predicted molar refractivity (Wildman–Crippen MR) is 67.3 cm³/mol. The number of carbonyl (C=O) groups is 1. The second-order valence-electron chi connectivity index (χ2n) is 4.03. The lowest BCUT2D eigenvalue weighted by Crippen LogP contribution is -2.36. The van der Waals surface area contributed by atoms with Gasteiger partial charge >= 0.3 is 5.97 Å². The summed E-state index contributed by atoms with van der Waals surface area (Å²) in [6.45, 7) is 5.06. The van der Waals surface area contributed by atoms with Crippen LogP contribution in [0.4, 0.5) is 0 Å². The Balaban J connectivity index is 2.75. The van der Waals surface area contributed by atoms with Crippen molar-refractivity contribution < 1.29 is 14.1 Å². The zero-order valence-electron chi connectivity index (χ0n) is 9.65. The maximum Gasteiger partial charge on any atom is 0.321 e. The second-order valence-corrected chi connectivity index (χ2v) is 7.28. The van der Waals surface area contributed by atoms with E-state index >= 15 is 0 Å². The minimum Gasteiger partial charge on any atom is -0.480 e. The quantitative estimate of drug-likeness (QED) is 0.884. The van der Waals surface area contributed by atoms with Crippen molar-refractivity contribution in [2.24, 2.45) is 0 Å². The van der Waals surface area contributed by atoms with Gasteiger partial charge in [-0.15, -0.1) is 11.3 Å². The summed E-state index contributed by atoms with van der Waals surface area (Å²) in [5, 5.41) is 8.95. The van der Waals surface area contributed by atoms with Gasteiger partial charge in [0.25, 0.3) is 0 Å². The van der Waals surface area contributed by atoms with E-state index in [1.165, 1.54) is 18.7 Å². The lowest BCUT2D eigenvalue weighted by Gasteiger charge is -2.17. The number of aliphatic carboxylic acids is 1. The van der Waals surface area contributed by atoms with Crippen LogP contribution in [0.15, 0.2) is 12.1 Å². The molecule has 1 aromatic rings. The Hall–Kier alpha value is -0.680. The number of rotatable bonds is 5. The molecule has 0 fully saturated rings. The highest BCUT2D eigenvalue weighted by Gasteiger charge is 2.34. The van der Waals surface area contributed by atoms with Gasteiger partial charge in [0.05, 0.1) is 5.75 Å². The molecule has 1 atom stereocenters. The summed E-state index contributed by atoms with van der Waals surface area (Å²) in [6.07, 6.45) is 0.958. The van der Waals surface area contributed by atoms with E-state index in [9.17, 15) is 9.00 Å². The minimum atomic E-state index is -1.39. The molecule has 0 amide bonds. The van der Waals surface area contributed by atoms with Gasteiger partial charge in [-0.2, -0.15) is 0 Å². The first kappa shape index (κ1) is 13.4. The van der Waals surface area contributed by atoms with Crippen molar-refractivity contribution in [2.45, 2.75) is 37.7 Å². The van der Waals surface area contributed by atoms with Crippen LogP contribution in [0.1, 0.15) is 30.5 Å². The Morgan fingerprint density at radius 1 is 1.44 bits per heavy atom. The summed E-state index contributed by atoms with van der Waals surface area (Å²) in [7, 11) is -1.39. The molecule has 1 unspecified atom stereocenters. The fraction of sp³-hybridized carbons (Fsp3) is 0.545. The number of hydrogen-bond donors (Lipinski definition) is 1. The molecule has 0 radical (unpaired) electrons. The highest BCUT2D eigenvalue weighted by Crippen LogP contribution is 2.23. The second kappa shape index (κ2) is 5.10. The van der Waals surface area contributed by atoms with Crippen molar-refractivity contribution in [1.82, 2.24) is 0 Å². The predicted octanol–water partition coefficient (Wildman–Crippen LogP) is 2.42. The maximum absolute atomic E-state index is 11.9. The third-order valence-corrected chi connectivity index (χ3v) is 5.72. The van der Waals surface area contributed by atoms with Crippen LogP contribution in [0.2, 0.25) is 0 Å². The van der Waals surface area contributed by atoms with Crippen molar-refractivity contribution >= 4 is 28.1 Å². The van der Waals surface area contributed by atoms with Gasteiger partial charge in [0.2, 0.25) is 0 Å². The summed E-state index contributed by atoms with van der Waals surface area (Å²) < 4.78 is 10.7. The largest absolute Gasteiger partial charge is 0.480 e. The molecule has 0 saturated carbocycles. The average Bonchev–Trinajstić information content (AvgIpc) is 2.65. The van der Waals surface area contributed by atoms with Gasteiger partial charge in [0.15, 0.2) is 0 Å². The van der Waals surface area contributed by atoms with Crippen molar-refractivity contribution in [1.29, 1.82) is 0 Å². The number of aryl methyl sites for hydroxylation is 1. The zero-order valence-corrected chi connectivity index (χ0v) is 11.3. The minimum absolute atomic E-state index is 0.323. The standard InChI is InChI=1S/C11H16O3S2/c1-4-8-5-6-9(15-8)7-16(14)11(2,3)10(12)13/h5-6H,4,7H2,1-3H3,(H,12,13). The highest BCUT2D eigenvalue weighted by atomic mass is 32.2. The Kier molecular flexibility index (Phi) is 4.27. The number of thiophene rings is 1. The van der Waals surface area contributed by atoms with Crippen LogP contribution in [-0.4, -0.2) is 20.0 Å². The molecule has 0 spiro atoms. The van der Waals surface area contributed by atoms with Gasteiger partial charge < -0.3 is 5.11 Å². The Morgan fingerprint density at radius 2 is 2.00 bits per heavy atom. The molecule has 1 N–H and O–H groups in total.